The van der Waals surface area contributed by atoms with Crippen LogP contribution in [0.4, 0.5) is 5.69 Å². The molecule has 4 N–H and O–H groups in total. The van der Waals surface area contributed by atoms with Gasteiger partial charge in [0, 0.05) is 7.05 Å². The van der Waals surface area contributed by atoms with Gasteiger partial charge < -0.3 is 16.4 Å². The zero-order valence-corrected chi connectivity index (χ0v) is 9.49. The summed E-state index contributed by atoms with van der Waals surface area (Å²) in [5, 5.41) is 0.184. The number of carbonyl (C=O) groups excluding carboxylic acids is 2. The number of nitrogens with zero attached hydrogens (tertiary/aromatic N) is 1. The van der Waals surface area contributed by atoms with E-state index in [1.807, 2.05) is 0 Å². The molecule has 0 spiro atoms. The van der Waals surface area contributed by atoms with Crippen LogP contribution in [-0.2, 0) is 4.79 Å². The van der Waals surface area contributed by atoms with E-state index in [2.05, 4.69) is 0 Å². The Kier molecular flexibility index (Phi) is 3.73. The number of hydrogen-bond donors (Lipinski definition) is 2. The second kappa shape index (κ2) is 4.85. The van der Waals surface area contributed by atoms with Crippen LogP contribution in [-0.4, -0.2) is 30.3 Å². The molecular formula is C10H12ClN3O2. The average molecular weight is 242 g/mol. The molecule has 0 aliphatic carbocycles. The van der Waals surface area contributed by atoms with E-state index in [4.69, 9.17) is 23.1 Å². The maximum absolute atomic E-state index is 11.8. The van der Waals surface area contributed by atoms with Gasteiger partial charge in [0.25, 0.3) is 5.91 Å². The normalized spacial score (nSPS) is 9.88. The summed E-state index contributed by atoms with van der Waals surface area (Å²) in [6, 6.07) is 4.75. The summed E-state index contributed by atoms with van der Waals surface area (Å²) in [6.45, 7) is -0.163. The fourth-order valence-corrected chi connectivity index (χ4v) is 1.43. The van der Waals surface area contributed by atoms with Crippen molar-refractivity contribution in [2.75, 3.05) is 19.3 Å². The maximum Gasteiger partial charge on any atom is 0.255 e. The second-order valence-electron chi connectivity index (χ2n) is 3.34. The monoisotopic (exact) mass is 241 g/mol. The molecule has 0 aromatic heterocycles. The van der Waals surface area contributed by atoms with Crippen LogP contribution in [0.1, 0.15) is 10.4 Å². The van der Waals surface area contributed by atoms with Gasteiger partial charge in [0.2, 0.25) is 5.91 Å². The van der Waals surface area contributed by atoms with E-state index in [1.54, 1.807) is 18.2 Å². The standard InChI is InChI=1S/C10H12ClN3O2/c1-14(5-8(13)15)10(16)6-3-2-4-7(12)9(6)11/h2-4H,5,12H2,1H3,(H2,13,15). The number of anilines is 1. The molecule has 0 saturated carbocycles. The summed E-state index contributed by atoms with van der Waals surface area (Å²) in [5.41, 5.74) is 11.1. The number of halogens is 1. The third-order valence-corrected chi connectivity index (χ3v) is 2.42. The topological polar surface area (TPSA) is 89.4 Å². The molecule has 0 atom stereocenters. The third-order valence-electron chi connectivity index (χ3n) is 2.00. The lowest BCUT2D eigenvalue weighted by Crippen LogP contribution is -2.35. The lowest BCUT2D eigenvalue weighted by atomic mass is 10.2. The summed E-state index contributed by atoms with van der Waals surface area (Å²) < 4.78 is 0. The van der Waals surface area contributed by atoms with E-state index in [-0.39, 0.29) is 17.1 Å². The van der Waals surface area contributed by atoms with Gasteiger partial charge in [-0.1, -0.05) is 17.7 Å². The van der Waals surface area contributed by atoms with E-state index in [1.165, 1.54) is 11.9 Å². The Morgan fingerprint density at radius 3 is 2.62 bits per heavy atom. The molecule has 2 amide bonds. The fourth-order valence-electron chi connectivity index (χ4n) is 1.23. The van der Waals surface area contributed by atoms with E-state index >= 15 is 0 Å². The van der Waals surface area contributed by atoms with Crippen molar-refractivity contribution in [1.29, 1.82) is 0 Å². The van der Waals surface area contributed by atoms with Crippen molar-refractivity contribution < 1.29 is 9.59 Å². The second-order valence-corrected chi connectivity index (χ2v) is 3.71. The SMILES string of the molecule is CN(CC(N)=O)C(=O)c1cccc(N)c1Cl. The largest absolute Gasteiger partial charge is 0.398 e. The number of nitrogens with two attached hydrogens (primary N) is 2. The van der Waals surface area contributed by atoms with Gasteiger partial charge in [-0.05, 0) is 12.1 Å². The lowest BCUT2D eigenvalue weighted by Gasteiger charge is -2.16. The molecule has 0 aliphatic heterocycles. The lowest BCUT2D eigenvalue weighted by molar-refractivity contribution is -0.118. The Bertz CT molecular complexity index is 434. The van der Waals surface area contributed by atoms with Crippen molar-refractivity contribution in [3.05, 3.63) is 28.8 Å². The van der Waals surface area contributed by atoms with Crippen molar-refractivity contribution in [3.8, 4) is 0 Å². The van der Waals surface area contributed by atoms with Crippen molar-refractivity contribution in [3.63, 3.8) is 0 Å². The van der Waals surface area contributed by atoms with Gasteiger partial charge in [-0.3, -0.25) is 9.59 Å². The van der Waals surface area contributed by atoms with E-state index in [9.17, 15) is 9.59 Å². The first-order valence-corrected chi connectivity index (χ1v) is 4.89. The van der Waals surface area contributed by atoms with Crippen molar-refractivity contribution in [2.24, 2.45) is 5.73 Å². The van der Waals surface area contributed by atoms with Gasteiger partial charge in [-0.25, -0.2) is 0 Å². The Morgan fingerprint density at radius 1 is 1.44 bits per heavy atom. The number of carbonyl (C=O) groups is 2. The molecule has 0 fully saturated rings. The van der Waals surface area contributed by atoms with Gasteiger partial charge in [0.1, 0.15) is 0 Å². The molecule has 1 aromatic carbocycles. The quantitative estimate of drug-likeness (QED) is 0.755. The van der Waals surface area contributed by atoms with E-state index in [0.717, 1.165) is 0 Å². The minimum atomic E-state index is -0.587. The molecule has 0 bridgehead atoms. The molecule has 1 aromatic rings. The van der Waals surface area contributed by atoms with Crippen LogP contribution in [0.15, 0.2) is 18.2 Å². The first kappa shape index (κ1) is 12.3. The molecule has 0 heterocycles. The zero-order chi connectivity index (χ0) is 12.3. The smallest absolute Gasteiger partial charge is 0.255 e. The Balaban J connectivity index is 2.96. The third kappa shape index (κ3) is 2.64. The summed E-state index contributed by atoms with van der Waals surface area (Å²) in [5.74, 6) is -0.980. The molecule has 0 unspecified atom stereocenters. The first-order valence-electron chi connectivity index (χ1n) is 4.51. The summed E-state index contributed by atoms with van der Waals surface area (Å²) in [4.78, 5) is 23.7. The molecule has 16 heavy (non-hydrogen) atoms. The molecule has 0 aliphatic rings. The number of nitrogen functional groups attached to an aromatic ring is 1. The molecule has 86 valence electrons. The Hall–Kier alpha value is -1.75. The highest BCUT2D eigenvalue weighted by Crippen LogP contribution is 2.23. The number of hydrogen-bond acceptors (Lipinski definition) is 3. The Labute approximate surface area is 98.0 Å². The molecule has 1 rings (SSSR count). The van der Waals surface area contributed by atoms with Crippen molar-refractivity contribution in [1.82, 2.24) is 4.90 Å². The minimum Gasteiger partial charge on any atom is -0.398 e. The number of amides is 2. The zero-order valence-electron chi connectivity index (χ0n) is 8.74. The highest BCUT2D eigenvalue weighted by molar-refractivity contribution is 6.36. The molecular weight excluding hydrogens is 230 g/mol. The fraction of sp³-hybridized carbons (Fsp3) is 0.200. The summed E-state index contributed by atoms with van der Waals surface area (Å²) >= 11 is 5.88. The van der Waals surface area contributed by atoms with Crippen LogP contribution < -0.4 is 11.5 Å². The minimum absolute atomic E-state index is 0.163. The summed E-state index contributed by atoms with van der Waals surface area (Å²) in [7, 11) is 1.46. The summed E-state index contributed by atoms with van der Waals surface area (Å²) in [6.07, 6.45) is 0. The van der Waals surface area contributed by atoms with Crippen LogP contribution in [0, 0.1) is 0 Å². The predicted octanol–water partition coefficient (Wildman–Crippen LogP) is 0.480. The molecule has 0 saturated heterocycles. The van der Waals surface area contributed by atoms with Gasteiger partial charge >= 0.3 is 0 Å². The van der Waals surface area contributed by atoms with Gasteiger partial charge in [0.05, 0.1) is 22.8 Å². The van der Waals surface area contributed by atoms with E-state index < -0.39 is 11.8 Å². The van der Waals surface area contributed by atoms with Crippen LogP contribution in [0.3, 0.4) is 0 Å². The molecule has 6 heteroatoms. The molecule has 5 nitrogen and oxygen atoms in total. The average Bonchev–Trinajstić information content (AvgIpc) is 2.20. The highest BCUT2D eigenvalue weighted by Gasteiger charge is 2.17. The number of rotatable bonds is 3. The van der Waals surface area contributed by atoms with Crippen LogP contribution >= 0.6 is 11.6 Å². The molecule has 0 radical (unpaired) electrons. The maximum atomic E-state index is 11.8. The van der Waals surface area contributed by atoms with Gasteiger partial charge in [-0.15, -0.1) is 0 Å². The van der Waals surface area contributed by atoms with Crippen LogP contribution in [0.25, 0.3) is 0 Å². The van der Waals surface area contributed by atoms with Gasteiger partial charge in [-0.2, -0.15) is 0 Å². The van der Waals surface area contributed by atoms with E-state index in [0.29, 0.717) is 5.69 Å². The van der Waals surface area contributed by atoms with Gasteiger partial charge in [0.15, 0.2) is 0 Å². The van der Waals surface area contributed by atoms with Crippen LogP contribution in [0.2, 0.25) is 5.02 Å². The van der Waals surface area contributed by atoms with Crippen molar-refractivity contribution >= 4 is 29.1 Å². The number of likely N-dealkylation sites (N-methyl/N-ethyl adjacent to an activating group) is 1. The Morgan fingerprint density at radius 2 is 2.06 bits per heavy atom. The first-order chi connectivity index (χ1) is 7.43. The van der Waals surface area contributed by atoms with Crippen molar-refractivity contribution in [2.45, 2.75) is 0 Å². The highest BCUT2D eigenvalue weighted by atomic mass is 35.5. The number of primary amides is 1. The predicted molar refractivity (Wildman–Crippen MR) is 62.0 cm³/mol. The number of benzene rings is 1. The van der Waals surface area contributed by atoms with Crippen LogP contribution in [0.5, 0.6) is 0 Å².